The molecule has 6 nitrogen and oxygen atoms in total. The number of sulfonamides is 1. The standard InChI is InChI=1S/C11H12FNO5S/c12-7-1-3-9(4-2-7)19(17,18)13-6-8(14)5-10(13)11(15)16/h1-4,8,10,14H,5-6H2,(H,15,16)/t8-,10+/m0/s1. The Morgan fingerprint density at radius 3 is 2.42 bits per heavy atom. The zero-order valence-corrected chi connectivity index (χ0v) is 10.5. The molecule has 0 aliphatic carbocycles. The first-order valence-corrected chi connectivity index (χ1v) is 6.94. The molecule has 0 aromatic heterocycles. The minimum atomic E-state index is -4.06. The first-order chi connectivity index (χ1) is 8.82. The number of benzene rings is 1. The number of halogens is 1. The Morgan fingerprint density at radius 1 is 1.32 bits per heavy atom. The van der Waals surface area contributed by atoms with Crippen LogP contribution in [0.4, 0.5) is 4.39 Å². The number of aliphatic hydroxyl groups is 1. The number of nitrogens with zero attached hydrogens (tertiary/aromatic N) is 1. The Morgan fingerprint density at radius 2 is 1.89 bits per heavy atom. The minimum Gasteiger partial charge on any atom is -0.480 e. The van der Waals surface area contributed by atoms with E-state index < -0.39 is 34.0 Å². The number of aliphatic carboxylic acids is 1. The zero-order chi connectivity index (χ0) is 14.2. The first kappa shape index (κ1) is 13.9. The number of hydrogen-bond donors (Lipinski definition) is 2. The number of hydrogen-bond acceptors (Lipinski definition) is 4. The van der Waals surface area contributed by atoms with Gasteiger partial charge in [-0.2, -0.15) is 4.31 Å². The Bertz CT molecular complexity index is 586. The van der Waals surface area contributed by atoms with Crippen molar-refractivity contribution in [2.45, 2.75) is 23.5 Å². The van der Waals surface area contributed by atoms with E-state index in [1.165, 1.54) is 0 Å². The summed E-state index contributed by atoms with van der Waals surface area (Å²) in [5, 5.41) is 18.4. The van der Waals surface area contributed by atoms with Gasteiger partial charge in [-0.15, -0.1) is 0 Å². The largest absolute Gasteiger partial charge is 0.480 e. The number of carboxylic acid groups (broad SMARTS) is 1. The highest BCUT2D eigenvalue weighted by atomic mass is 32.2. The summed E-state index contributed by atoms with van der Waals surface area (Å²) in [6.07, 6.45) is -1.17. The van der Waals surface area contributed by atoms with E-state index in [-0.39, 0.29) is 17.9 Å². The van der Waals surface area contributed by atoms with Gasteiger partial charge < -0.3 is 10.2 Å². The van der Waals surface area contributed by atoms with Gasteiger partial charge in [0, 0.05) is 13.0 Å². The fourth-order valence-corrected chi connectivity index (χ4v) is 3.65. The van der Waals surface area contributed by atoms with Crippen molar-refractivity contribution in [1.29, 1.82) is 0 Å². The van der Waals surface area contributed by atoms with Gasteiger partial charge in [0.15, 0.2) is 0 Å². The molecule has 1 fully saturated rings. The third-order valence-electron chi connectivity index (χ3n) is 2.94. The smallest absolute Gasteiger partial charge is 0.322 e. The Kier molecular flexibility index (Phi) is 3.57. The highest BCUT2D eigenvalue weighted by Crippen LogP contribution is 2.26. The van der Waals surface area contributed by atoms with Crippen LogP contribution in [-0.4, -0.2) is 47.6 Å². The fourth-order valence-electron chi connectivity index (χ4n) is 2.02. The van der Waals surface area contributed by atoms with E-state index in [1.807, 2.05) is 0 Å². The van der Waals surface area contributed by atoms with Crippen molar-refractivity contribution in [3.05, 3.63) is 30.1 Å². The third-order valence-corrected chi connectivity index (χ3v) is 4.83. The molecular weight excluding hydrogens is 277 g/mol. The highest BCUT2D eigenvalue weighted by molar-refractivity contribution is 7.89. The Hall–Kier alpha value is -1.51. The van der Waals surface area contributed by atoms with E-state index in [0.29, 0.717) is 0 Å². The lowest BCUT2D eigenvalue weighted by Crippen LogP contribution is -2.40. The van der Waals surface area contributed by atoms with Crippen LogP contribution < -0.4 is 0 Å². The number of aliphatic hydroxyl groups excluding tert-OH is 1. The van der Waals surface area contributed by atoms with Gasteiger partial charge in [0.1, 0.15) is 11.9 Å². The van der Waals surface area contributed by atoms with Crippen LogP contribution >= 0.6 is 0 Å². The zero-order valence-electron chi connectivity index (χ0n) is 9.73. The molecule has 0 spiro atoms. The van der Waals surface area contributed by atoms with Crippen molar-refractivity contribution >= 4 is 16.0 Å². The van der Waals surface area contributed by atoms with Gasteiger partial charge in [-0.25, -0.2) is 12.8 Å². The van der Waals surface area contributed by atoms with Crippen molar-refractivity contribution in [3.8, 4) is 0 Å². The highest BCUT2D eigenvalue weighted by Gasteiger charge is 2.43. The maximum atomic E-state index is 12.8. The number of carbonyl (C=O) groups is 1. The molecule has 1 aliphatic rings. The number of β-amino-alcohol motifs (C(OH)–C–C–N with tert-alkyl or cyclic N) is 1. The van der Waals surface area contributed by atoms with Crippen molar-refractivity contribution in [1.82, 2.24) is 4.31 Å². The van der Waals surface area contributed by atoms with Crippen molar-refractivity contribution in [2.75, 3.05) is 6.54 Å². The first-order valence-electron chi connectivity index (χ1n) is 5.50. The maximum absolute atomic E-state index is 12.8. The summed E-state index contributed by atoms with van der Waals surface area (Å²) in [5.74, 6) is -1.91. The average Bonchev–Trinajstić information content (AvgIpc) is 2.73. The summed E-state index contributed by atoms with van der Waals surface area (Å²) in [6, 6.07) is 2.79. The van der Waals surface area contributed by atoms with E-state index in [2.05, 4.69) is 0 Å². The second-order valence-electron chi connectivity index (χ2n) is 4.27. The van der Waals surface area contributed by atoms with E-state index in [4.69, 9.17) is 5.11 Å². The molecule has 104 valence electrons. The fraction of sp³-hybridized carbons (Fsp3) is 0.364. The number of rotatable bonds is 3. The lowest BCUT2D eigenvalue weighted by molar-refractivity contribution is -0.140. The van der Waals surface area contributed by atoms with E-state index in [9.17, 15) is 22.7 Å². The van der Waals surface area contributed by atoms with Crippen LogP contribution in [0.3, 0.4) is 0 Å². The van der Waals surface area contributed by atoms with Gasteiger partial charge in [-0.3, -0.25) is 4.79 Å². The predicted octanol–water partition coefficient (Wildman–Crippen LogP) is 0.0342. The van der Waals surface area contributed by atoms with Gasteiger partial charge in [0.25, 0.3) is 0 Å². The molecule has 0 saturated carbocycles. The maximum Gasteiger partial charge on any atom is 0.322 e. The molecule has 0 radical (unpaired) electrons. The molecule has 1 saturated heterocycles. The van der Waals surface area contributed by atoms with Crippen LogP contribution in [-0.2, 0) is 14.8 Å². The molecule has 1 heterocycles. The van der Waals surface area contributed by atoms with Gasteiger partial charge >= 0.3 is 5.97 Å². The summed E-state index contributed by atoms with van der Waals surface area (Å²) in [5.41, 5.74) is 0. The van der Waals surface area contributed by atoms with Gasteiger partial charge in [-0.05, 0) is 24.3 Å². The summed E-state index contributed by atoms with van der Waals surface area (Å²) >= 11 is 0. The van der Waals surface area contributed by atoms with Gasteiger partial charge in [0.2, 0.25) is 10.0 Å². The van der Waals surface area contributed by atoms with Gasteiger partial charge in [0.05, 0.1) is 11.0 Å². The summed E-state index contributed by atoms with van der Waals surface area (Å²) in [7, 11) is -4.06. The molecular formula is C11H12FNO5S. The topological polar surface area (TPSA) is 94.9 Å². The Balaban J connectivity index is 2.38. The molecule has 0 unspecified atom stereocenters. The molecule has 0 bridgehead atoms. The van der Waals surface area contributed by atoms with Crippen LogP contribution in [0.2, 0.25) is 0 Å². The van der Waals surface area contributed by atoms with Crippen molar-refractivity contribution in [2.24, 2.45) is 0 Å². The third kappa shape index (κ3) is 2.60. The molecule has 2 atom stereocenters. The quantitative estimate of drug-likeness (QED) is 0.819. The van der Waals surface area contributed by atoms with Crippen LogP contribution in [0.5, 0.6) is 0 Å². The monoisotopic (exact) mass is 289 g/mol. The molecule has 2 N–H and O–H groups in total. The second-order valence-corrected chi connectivity index (χ2v) is 6.16. The summed E-state index contributed by atoms with van der Waals surface area (Å²) < 4.78 is 38.0. The van der Waals surface area contributed by atoms with E-state index in [0.717, 1.165) is 28.6 Å². The van der Waals surface area contributed by atoms with Crippen molar-refractivity contribution in [3.63, 3.8) is 0 Å². The average molecular weight is 289 g/mol. The normalized spacial score (nSPS) is 24.5. The SMILES string of the molecule is O=C(O)[C@H]1C[C@H](O)CN1S(=O)(=O)c1ccc(F)cc1. The summed E-state index contributed by atoms with van der Waals surface area (Å²) in [4.78, 5) is 10.8. The lowest BCUT2D eigenvalue weighted by Gasteiger charge is -2.20. The molecule has 19 heavy (non-hydrogen) atoms. The molecule has 8 heteroatoms. The van der Waals surface area contributed by atoms with Gasteiger partial charge in [-0.1, -0.05) is 0 Å². The molecule has 1 aliphatic heterocycles. The molecule has 2 rings (SSSR count). The lowest BCUT2D eigenvalue weighted by atomic mass is 10.2. The van der Waals surface area contributed by atoms with Crippen LogP contribution in [0.25, 0.3) is 0 Å². The molecule has 1 aromatic carbocycles. The summed E-state index contributed by atoms with van der Waals surface area (Å²) in [6.45, 7) is -0.281. The van der Waals surface area contributed by atoms with Crippen LogP contribution in [0.1, 0.15) is 6.42 Å². The second kappa shape index (κ2) is 4.87. The molecule has 0 amide bonds. The van der Waals surface area contributed by atoms with E-state index >= 15 is 0 Å². The minimum absolute atomic E-state index is 0.157. The van der Waals surface area contributed by atoms with Crippen molar-refractivity contribution < 1.29 is 27.8 Å². The van der Waals surface area contributed by atoms with Crippen LogP contribution in [0, 0.1) is 5.82 Å². The van der Waals surface area contributed by atoms with Crippen LogP contribution in [0.15, 0.2) is 29.2 Å². The predicted molar refractivity (Wildman–Crippen MR) is 62.3 cm³/mol. The Labute approximate surface area is 109 Å². The van der Waals surface area contributed by atoms with E-state index in [1.54, 1.807) is 0 Å². The number of carboxylic acids is 1. The molecule has 1 aromatic rings.